The van der Waals surface area contributed by atoms with Gasteiger partial charge in [-0.2, -0.15) is 0 Å². The van der Waals surface area contributed by atoms with Gasteiger partial charge < -0.3 is 0 Å². The highest BCUT2D eigenvalue weighted by Crippen LogP contribution is 2.27. The van der Waals surface area contributed by atoms with Crippen molar-refractivity contribution in [2.45, 2.75) is 24.8 Å². The Labute approximate surface area is 111 Å². The Hall–Kier alpha value is 0.0500. The predicted octanol–water partition coefficient (Wildman–Crippen LogP) is 4.20. The maximum absolute atomic E-state index is 6.16. The molecule has 1 heterocycles. The third-order valence-corrected chi connectivity index (χ3v) is 4.09. The minimum absolute atomic E-state index is 0.270. The number of halogens is 3. The first-order chi connectivity index (χ1) is 7.66. The van der Waals surface area contributed by atoms with Gasteiger partial charge in [0.15, 0.2) is 0 Å². The fourth-order valence-corrected chi connectivity index (χ4v) is 2.78. The Morgan fingerprint density at radius 2 is 2.12 bits per heavy atom. The standard InChI is InChI=1S/C12H14Cl3N/c13-10-4-2-6-16(8-10)7-9-3-1-5-11(14)12(9)15/h1,3,5,10H,2,4,6-8H2. The lowest BCUT2D eigenvalue weighted by Crippen LogP contribution is -2.35. The van der Waals surface area contributed by atoms with Crippen LogP contribution in [-0.4, -0.2) is 23.4 Å². The first-order valence-corrected chi connectivity index (χ1v) is 6.65. The zero-order valence-corrected chi connectivity index (χ0v) is 11.2. The number of rotatable bonds is 2. The number of hydrogen-bond donors (Lipinski definition) is 0. The van der Waals surface area contributed by atoms with Gasteiger partial charge in [0.2, 0.25) is 0 Å². The van der Waals surface area contributed by atoms with E-state index in [-0.39, 0.29) is 5.38 Å². The summed E-state index contributed by atoms with van der Waals surface area (Å²) in [6, 6.07) is 5.77. The summed E-state index contributed by atoms with van der Waals surface area (Å²) in [5.41, 5.74) is 1.08. The average molecular weight is 279 g/mol. The molecule has 1 unspecified atom stereocenters. The van der Waals surface area contributed by atoms with E-state index < -0.39 is 0 Å². The number of nitrogens with zero attached hydrogens (tertiary/aromatic N) is 1. The molecule has 88 valence electrons. The first kappa shape index (κ1) is 12.5. The molecule has 0 radical (unpaired) electrons. The van der Waals surface area contributed by atoms with Crippen LogP contribution in [0.3, 0.4) is 0 Å². The highest BCUT2D eigenvalue weighted by Gasteiger charge is 2.18. The molecule has 2 rings (SSSR count). The van der Waals surface area contributed by atoms with Crippen LogP contribution >= 0.6 is 34.8 Å². The zero-order valence-electron chi connectivity index (χ0n) is 8.93. The van der Waals surface area contributed by atoms with Crippen molar-refractivity contribution in [2.75, 3.05) is 13.1 Å². The molecule has 1 aromatic rings. The van der Waals surface area contributed by atoms with Crippen molar-refractivity contribution in [3.05, 3.63) is 33.8 Å². The maximum Gasteiger partial charge on any atom is 0.0637 e. The lowest BCUT2D eigenvalue weighted by atomic mass is 10.1. The van der Waals surface area contributed by atoms with Crippen molar-refractivity contribution < 1.29 is 0 Å². The summed E-state index contributed by atoms with van der Waals surface area (Å²) in [6.07, 6.45) is 2.27. The van der Waals surface area contributed by atoms with Gasteiger partial charge >= 0.3 is 0 Å². The summed E-state index contributed by atoms with van der Waals surface area (Å²) in [5.74, 6) is 0. The third kappa shape index (κ3) is 3.04. The van der Waals surface area contributed by atoms with Crippen LogP contribution in [0.5, 0.6) is 0 Å². The molecular weight excluding hydrogens is 264 g/mol. The van der Waals surface area contributed by atoms with Crippen LogP contribution in [0.1, 0.15) is 18.4 Å². The van der Waals surface area contributed by atoms with Gasteiger partial charge in [-0.1, -0.05) is 35.3 Å². The van der Waals surface area contributed by atoms with E-state index in [4.69, 9.17) is 34.8 Å². The van der Waals surface area contributed by atoms with Crippen LogP contribution in [-0.2, 0) is 6.54 Å². The topological polar surface area (TPSA) is 3.24 Å². The van der Waals surface area contributed by atoms with Gasteiger partial charge in [-0.15, -0.1) is 11.6 Å². The molecule has 0 N–H and O–H groups in total. The maximum atomic E-state index is 6.16. The Balaban J connectivity index is 2.05. The van der Waals surface area contributed by atoms with Crippen molar-refractivity contribution in [3.8, 4) is 0 Å². The molecule has 1 aliphatic heterocycles. The van der Waals surface area contributed by atoms with Crippen molar-refractivity contribution in [1.82, 2.24) is 4.90 Å². The number of benzene rings is 1. The summed E-state index contributed by atoms with van der Waals surface area (Å²) in [5, 5.41) is 1.56. The van der Waals surface area contributed by atoms with Crippen LogP contribution in [0.4, 0.5) is 0 Å². The predicted molar refractivity (Wildman–Crippen MR) is 70.6 cm³/mol. The van der Waals surface area contributed by atoms with E-state index in [9.17, 15) is 0 Å². The highest BCUT2D eigenvalue weighted by molar-refractivity contribution is 6.42. The van der Waals surface area contributed by atoms with Crippen LogP contribution in [0.25, 0.3) is 0 Å². The number of hydrogen-bond acceptors (Lipinski definition) is 1. The van der Waals surface area contributed by atoms with Crippen molar-refractivity contribution in [3.63, 3.8) is 0 Å². The summed E-state index contributed by atoms with van der Waals surface area (Å²) in [4.78, 5) is 2.33. The second-order valence-electron chi connectivity index (χ2n) is 4.19. The van der Waals surface area contributed by atoms with E-state index in [1.54, 1.807) is 0 Å². The van der Waals surface area contributed by atoms with E-state index in [2.05, 4.69) is 4.90 Å². The largest absolute Gasteiger partial charge is 0.298 e. The second-order valence-corrected chi connectivity index (χ2v) is 5.59. The van der Waals surface area contributed by atoms with E-state index >= 15 is 0 Å². The quantitative estimate of drug-likeness (QED) is 0.733. The van der Waals surface area contributed by atoms with Crippen LogP contribution in [0.15, 0.2) is 18.2 Å². The fraction of sp³-hybridized carbons (Fsp3) is 0.500. The highest BCUT2D eigenvalue weighted by atomic mass is 35.5. The molecule has 1 aromatic carbocycles. The molecule has 1 fully saturated rings. The molecule has 1 atom stereocenters. The molecule has 16 heavy (non-hydrogen) atoms. The minimum atomic E-state index is 0.270. The van der Waals surface area contributed by atoms with Crippen LogP contribution < -0.4 is 0 Å². The second kappa shape index (κ2) is 5.59. The molecule has 0 bridgehead atoms. The smallest absolute Gasteiger partial charge is 0.0637 e. The minimum Gasteiger partial charge on any atom is -0.298 e. The summed E-state index contributed by atoms with van der Waals surface area (Å²) >= 11 is 18.3. The van der Waals surface area contributed by atoms with Gasteiger partial charge in [0, 0.05) is 18.5 Å². The zero-order chi connectivity index (χ0) is 11.5. The number of likely N-dealkylation sites (tertiary alicyclic amines) is 1. The molecule has 4 heteroatoms. The molecule has 1 saturated heterocycles. The van der Waals surface area contributed by atoms with E-state index in [0.29, 0.717) is 10.0 Å². The van der Waals surface area contributed by atoms with E-state index in [1.165, 1.54) is 0 Å². The van der Waals surface area contributed by atoms with Crippen LogP contribution in [0.2, 0.25) is 10.0 Å². The Morgan fingerprint density at radius 1 is 1.31 bits per heavy atom. The van der Waals surface area contributed by atoms with Gasteiger partial charge in [0.1, 0.15) is 0 Å². The van der Waals surface area contributed by atoms with Gasteiger partial charge in [0.05, 0.1) is 10.0 Å². The lowest BCUT2D eigenvalue weighted by Gasteiger charge is -2.29. The Morgan fingerprint density at radius 3 is 2.88 bits per heavy atom. The first-order valence-electron chi connectivity index (χ1n) is 5.46. The molecule has 0 spiro atoms. The van der Waals surface area contributed by atoms with E-state index in [0.717, 1.165) is 38.0 Å². The molecule has 0 aliphatic carbocycles. The summed E-state index contributed by atoms with van der Waals surface area (Å²) in [6.45, 7) is 2.86. The molecular formula is C12H14Cl3N. The summed E-state index contributed by atoms with van der Waals surface area (Å²) < 4.78 is 0. The normalized spacial score (nSPS) is 22.3. The molecule has 1 aliphatic rings. The monoisotopic (exact) mass is 277 g/mol. The molecule has 0 saturated carbocycles. The van der Waals surface area contributed by atoms with Crippen molar-refractivity contribution >= 4 is 34.8 Å². The van der Waals surface area contributed by atoms with Gasteiger partial charge in [-0.25, -0.2) is 0 Å². The van der Waals surface area contributed by atoms with Gasteiger partial charge in [-0.05, 0) is 31.0 Å². The Kier molecular flexibility index (Phi) is 4.37. The summed E-state index contributed by atoms with van der Waals surface area (Å²) in [7, 11) is 0. The molecule has 0 amide bonds. The SMILES string of the molecule is Clc1cccc(CN2CCCC(Cl)C2)c1Cl. The van der Waals surface area contributed by atoms with Gasteiger partial charge in [-0.3, -0.25) is 4.90 Å². The van der Waals surface area contributed by atoms with E-state index in [1.807, 2.05) is 18.2 Å². The Bertz CT molecular complexity index is 367. The third-order valence-electron chi connectivity index (χ3n) is 2.87. The lowest BCUT2D eigenvalue weighted by molar-refractivity contribution is 0.224. The molecule has 1 nitrogen and oxygen atoms in total. The number of alkyl halides is 1. The van der Waals surface area contributed by atoms with Crippen molar-refractivity contribution in [1.29, 1.82) is 0 Å². The number of piperidine rings is 1. The van der Waals surface area contributed by atoms with Crippen LogP contribution in [0, 0.1) is 0 Å². The fourth-order valence-electron chi connectivity index (χ4n) is 2.05. The van der Waals surface area contributed by atoms with Crippen molar-refractivity contribution in [2.24, 2.45) is 0 Å². The molecule has 0 aromatic heterocycles. The average Bonchev–Trinajstić information content (AvgIpc) is 2.25. The van der Waals surface area contributed by atoms with Gasteiger partial charge in [0.25, 0.3) is 0 Å².